The van der Waals surface area contributed by atoms with Crippen LogP contribution in [-0.2, 0) is 10.0 Å². The van der Waals surface area contributed by atoms with Gasteiger partial charge >= 0.3 is 0 Å². The number of pyridine rings is 1. The van der Waals surface area contributed by atoms with Crippen LogP contribution in [0, 0.1) is 6.92 Å². The second kappa shape index (κ2) is 8.45. The average molecular weight is 475 g/mol. The van der Waals surface area contributed by atoms with E-state index in [2.05, 4.69) is 34.1 Å². The Kier molecular flexibility index (Phi) is 5.87. The summed E-state index contributed by atoms with van der Waals surface area (Å²) in [5.41, 5.74) is 1.98. The van der Waals surface area contributed by atoms with Gasteiger partial charge in [0, 0.05) is 21.6 Å². The number of ether oxygens (including phenoxy) is 1. The molecule has 162 valence electrons. The predicted molar refractivity (Wildman–Crippen MR) is 128 cm³/mol. The second-order valence-corrected chi connectivity index (χ2v) is 10.7. The number of methoxy groups -OCH3 is 1. The third kappa shape index (κ3) is 4.51. The third-order valence-corrected chi connectivity index (χ3v) is 6.88. The summed E-state index contributed by atoms with van der Waals surface area (Å²) < 4.78 is 31.6. The van der Waals surface area contributed by atoms with E-state index in [1.165, 1.54) is 12.0 Å². The number of nitrogens with one attached hydrogen (secondary N) is 2. The molecule has 0 bridgehead atoms. The molecule has 2 atom stereocenters. The quantitative estimate of drug-likeness (QED) is 0.522. The van der Waals surface area contributed by atoms with Gasteiger partial charge in [0.25, 0.3) is 0 Å². The molecule has 1 saturated heterocycles. The molecule has 1 aromatic carbocycles. The van der Waals surface area contributed by atoms with Crippen molar-refractivity contribution in [3.05, 3.63) is 70.2 Å². The number of thiocarbonyl (C=S) groups is 1. The van der Waals surface area contributed by atoms with Crippen LogP contribution in [0.25, 0.3) is 0 Å². The lowest BCUT2D eigenvalue weighted by Crippen LogP contribution is -2.29. The highest BCUT2D eigenvalue weighted by atomic mass is 32.2. The van der Waals surface area contributed by atoms with Crippen molar-refractivity contribution >= 4 is 50.1 Å². The summed E-state index contributed by atoms with van der Waals surface area (Å²) in [6.45, 7) is 2.07. The molecule has 1 fully saturated rings. The lowest BCUT2D eigenvalue weighted by atomic mass is 10.0. The van der Waals surface area contributed by atoms with Gasteiger partial charge in [-0.15, -0.1) is 11.3 Å². The minimum atomic E-state index is -3.48. The topological polar surface area (TPSA) is 83.6 Å². The average Bonchev–Trinajstić information content (AvgIpc) is 3.30. The molecule has 3 aromatic rings. The van der Waals surface area contributed by atoms with E-state index in [1.54, 1.807) is 29.7 Å². The molecule has 2 aromatic heterocycles. The molecule has 2 unspecified atom stereocenters. The molecule has 0 spiro atoms. The predicted octanol–water partition coefficient (Wildman–Crippen LogP) is 4.01. The molecule has 4 rings (SSSR count). The number of aromatic nitrogens is 1. The minimum absolute atomic E-state index is 0.138. The molecule has 7 nitrogen and oxygen atoms in total. The van der Waals surface area contributed by atoms with Crippen LogP contribution in [0.4, 0.5) is 11.4 Å². The largest absolute Gasteiger partial charge is 0.495 e. The van der Waals surface area contributed by atoms with Crippen LogP contribution in [0.3, 0.4) is 0 Å². The SMILES string of the molecule is COc1ccc(N2C(=S)NC(c3ccccn3)C2c2ccc(C)s2)cc1NS(C)(=O)=O. The van der Waals surface area contributed by atoms with E-state index in [0.717, 1.165) is 22.5 Å². The van der Waals surface area contributed by atoms with Crippen molar-refractivity contribution in [1.82, 2.24) is 10.3 Å². The number of aryl methyl sites for hydroxylation is 1. The van der Waals surface area contributed by atoms with E-state index in [-0.39, 0.29) is 12.1 Å². The van der Waals surface area contributed by atoms with Crippen molar-refractivity contribution in [2.75, 3.05) is 23.0 Å². The summed E-state index contributed by atoms with van der Waals surface area (Å²) in [6, 6.07) is 15.0. The van der Waals surface area contributed by atoms with Crippen LogP contribution >= 0.6 is 23.6 Å². The normalized spacial score (nSPS) is 18.7. The number of nitrogens with zero attached hydrogens (tertiary/aromatic N) is 2. The van der Waals surface area contributed by atoms with Crippen molar-refractivity contribution in [1.29, 1.82) is 0 Å². The van der Waals surface area contributed by atoms with Crippen LogP contribution < -0.4 is 19.7 Å². The maximum absolute atomic E-state index is 11.9. The first kappa shape index (κ1) is 21.5. The summed E-state index contributed by atoms with van der Waals surface area (Å²) in [4.78, 5) is 8.88. The van der Waals surface area contributed by atoms with Crippen molar-refractivity contribution in [3.63, 3.8) is 0 Å². The molecule has 1 aliphatic rings. The summed E-state index contributed by atoms with van der Waals surface area (Å²) in [7, 11) is -1.99. The molecular weight excluding hydrogens is 452 g/mol. The van der Waals surface area contributed by atoms with Crippen molar-refractivity contribution in [2.45, 2.75) is 19.0 Å². The zero-order valence-corrected chi connectivity index (χ0v) is 19.6. The first-order valence-corrected chi connectivity index (χ1v) is 12.6. The van der Waals surface area contributed by atoms with E-state index in [9.17, 15) is 8.42 Å². The molecule has 0 amide bonds. The Morgan fingerprint density at radius 2 is 2.03 bits per heavy atom. The number of hydrogen-bond acceptors (Lipinski definition) is 6. The fraction of sp³-hybridized carbons (Fsp3) is 0.238. The second-order valence-electron chi connectivity index (χ2n) is 7.20. The van der Waals surface area contributed by atoms with Crippen LogP contribution in [0.15, 0.2) is 54.7 Å². The zero-order valence-electron chi connectivity index (χ0n) is 17.2. The van der Waals surface area contributed by atoms with Crippen LogP contribution in [-0.4, -0.2) is 31.9 Å². The van der Waals surface area contributed by atoms with Gasteiger partial charge in [-0.2, -0.15) is 0 Å². The van der Waals surface area contributed by atoms with E-state index in [0.29, 0.717) is 16.5 Å². The maximum atomic E-state index is 11.9. The molecule has 3 heterocycles. The Morgan fingerprint density at radius 1 is 1.23 bits per heavy atom. The van der Waals surface area contributed by atoms with Gasteiger partial charge in [-0.25, -0.2) is 8.42 Å². The molecule has 31 heavy (non-hydrogen) atoms. The first-order valence-electron chi connectivity index (χ1n) is 9.49. The van der Waals surface area contributed by atoms with E-state index in [1.807, 2.05) is 29.2 Å². The van der Waals surface area contributed by atoms with Gasteiger partial charge in [0.15, 0.2) is 5.11 Å². The fourth-order valence-corrected chi connectivity index (χ4v) is 5.57. The van der Waals surface area contributed by atoms with Gasteiger partial charge in [0.1, 0.15) is 5.75 Å². The molecule has 0 aliphatic carbocycles. The van der Waals surface area contributed by atoms with Crippen LogP contribution in [0.2, 0.25) is 0 Å². The highest BCUT2D eigenvalue weighted by molar-refractivity contribution is 7.92. The minimum Gasteiger partial charge on any atom is -0.495 e. The summed E-state index contributed by atoms with van der Waals surface area (Å²) >= 11 is 7.42. The lowest BCUT2D eigenvalue weighted by molar-refractivity contribution is 0.417. The Morgan fingerprint density at radius 3 is 2.65 bits per heavy atom. The van der Waals surface area contributed by atoms with Crippen LogP contribution in [0.5, 0.6) is 5.75 Å². The van der Waals surface area contributed by atoms with Gasteiger partial charge in [-0.1, -0.05) is 6.07 Å². The number of rotatable bonds is 6. The first-order chi connectivity index (χ1) is 14.8. The molecule has 2 N–H and O–H groups in total. The number of sulfonamides is 1. The smallest absolute Gasteiger partial charge is 0.229 e. The Labute approximate surface area is 191 Å². The lowest BCUT2D eigenvalue weighted by Gasteiger charge is -2.27. The number of thiophene rings is 1. The number of benzene rings is 1. The maximum Gasteiger partial charge on any atom is 0.229 e. The molecule has 0 radical (unpaired) electrons. The zero-order chi connectivity index (χ0) is 22.2. The van der Waals surface area contributed by atoms with Gasteiger partial charge < -0.3 is 15.0 Å². The van der Waals surface area contributed by atoms with Crippen molar-refractivity contribution < 1.29 is 13.2 Å². The number of hydrogen-bond donors (Lipinski definition) is 2. The summed E-state index contributed by atoms with van der Waals surface area (Å²) in [5, 5.41) is 3.95. The summed E-state index contributed by atoms with van der Waals surface area (Å²) in [6.07, 6.45) is 2.87. The van der Waals surface area contributed by atoms with Gasteiger partial charge in [-0.05, 0) is 61.6 Å². The van der Waals surface area contributed by atoms with Crippen molar-refractivity contribution in [2.24, 2.45) is 0 Å². The standard InChI is InChI=1S/C21H22N4O3S3/c1-13-7-10-18(30-13)20-19(15-6-4-5-11-22-15)23-21(29)25(20)14-8-9-17(28-2)16(12-14)24-31(3,26)27/h4-12,19-20,24H,1-3H3,(H,23,29). The van der Waals surface area contributed by atoms with Gasteiger partial charge in [0.05, 0.1) is 36.8 Å². The Bertz CT molecular complexity index is 1210. The summed E-state index contributed by atoms with van der Waals surface area (Å²) in [5.74, 6) is 0.428. The fourth-order valence-electron chi connectivity index (χ4n) is 3.66. The Balaban J connectivity index is 1.82. The molecule has 0 saturated carbocycles. The molecule has 10 heteroatoms. The van der Waals surface area contributed by atoms with Gasteiger partial charge in [-0.3, -0.25) is 9.71 Å². The highest BCUT2D eigenvalue weighted by Crippen LogP contribution is 2.44. The van der Waals surface area contributed by atoms with Crippen LogP contribution in [0.1, 0.15) is 27.5 Å². The van der Waals surface area contributed by atoms with E-state index >= 15 is 0 Å². The van der Waals surface area contributed by atoms with Gasteiger partial charge in [0.2, 0.25) is 10.0 Å². The molecule has 1 aliphatic heterocycles. The number of anilines is 2. The molecular formula is C21H22N4O3S3. The third-order valence-electron chi connectivity index (χ3n) is 4.91. The van der Waals surface area contributed by atoms with E-state index < -0.39 is 10.0 Å². The van der Waals surface area contributed by atoms with Crippen molar-refractivity contribution in [3.8, 4) is 5.75 Å². The Hall–Kier alpha value is -2.69. The highest BCUT2D eigenvalue weighted by Gasteiger charge is 2.41. The van der Waals surface area contributed by atoms with E-state index in [4.69, 9.17) is 17.0 Å². The monoisotopic (exact) mass is 474 g/mol.